The number of amides is 1. The molecule has 0 spiro atoms. The van der Waals surface area contributed by atoms with E-state index in [0.29, 0.717) is 25.9 Å². The number of hydrogen-bond donors (Lipinski definition) is 2. The maximum Gasteiger partial charge on any atom is 0.306 e. The molecule has 0 radical (unpaired) electrons. The fourth-order valence-corrected chi connectivity index (χ4v) is 2.06. The molecule has 0 aliphatic heterocycles. The third kappa shape index (κ3) is 4.49. The second-order valence-corrected chi connectivity index (χ2v) is 4.64. The van der Waals surface area contributed by atoms with Crippen LogP contribution in [0.25, 0.3) is 0 Å². The zero-order valence-corrected chi connectivity index (χ0v) is 10.7. The van der Waals surface area contributed by atoms with E-state index in [4.69, 9.17) is 9.84 Å². The number of hydrogen-bond acceptors (Lipinski definition) is 3. The molecule has 1 fully saturated rings. The molecule has 0 bridgehead atoms. The van der Waals surface area contributed by atoms with Crippen LogP contribution in [0.2, 0.25) is 0 Å². The topological polar surface area (TPSA) is 75.6 Å². The Labute approximate surface area is 107 Å². The fourth-order valence-electron chi connectivity index (χ4n) is 2.06. The van der Waals surface area contributed by atoms with Gasteiger partial charge in [-0.25, -0.2) is 0 Å². The summed E-state index contributed by atoms with van der Waals surface area (Å²) in [4.78, 5) is 22.6. The monoisotopic (exact) mass is 255 g/mol. The van der Waals surface area contributed by atoms with E-state index in [1.165, 1.54) is 0 Å². The standard InChI is InChI=1S/C13H21NO4/c1-3-4-7-18-9(2)12(15)14-11-6-5-10(8-11)13(16)17/h3,9-11H,1,4-8H2,2H3,(H,14,15)(H,16,17)/t9?,10-,11+/m1/s1. The van der Waals surface area contributed by atoms with Crippen molar-refractivity contribution in [3.63, 3.8) is 0 Å². The highest BCUT2D eigenvalue weighted by Crippen LogP contribution is 2.25. The molecule has 1 rings (SSSR count). The lowest BCUT2D eigenvalue weighted by Gasteiger charge is -2.17. The molecule has 5 nitrogen and oxygen atoms in total. The fraction of sp³-hybridized carbons (Fsp3) is 0.692. The molecule has 18 heavy (non-hydrogen) atoms. The molecule has 1 amide bonds. The summed E-state index contributed by atoms with van der Waals surface area (Å²) < 4.78 is 5.33. The molecule has 0 aromatic heterocycles. The van der Waals surface area contributed by atoms with Crippen LogP contribution in [0, 0.1) is 5.92 Å². The van der Waals surface area contributed by atoms with Crippen LogP contribution in [-0.4, -0.2) is 35.7 Å². The lowest BCUT2D eigenvalue weighted by molar-refractivity contribution is -0.141. The molecule has 3 atom stereocenters. The lowest BCUT2D eigenvalue weighted by Crippen LogP contribution is -2.40. The van der Waals surface area contributed by atoms with Crippen LogP contribution >= 0.6 is 0 Å². The van der Waals surface area contributed by atoms with Gasteiger partial charge in [0, 0.05) is 6.04 Å². The van der Waals surface area contributed by atoms with Crippen molar-refractivity contribution >= 4 is 11.9 Å². The van der Waals surface area contributed by atoms with Gasteiger partial charge in [-0.05, 0) is 32.6 Å². The van der Waals surface area contributed by atoms with E-state index in [2.05, 4.69) is 11.9 Å². The third-order valence-electron chi connectivity index (χ3n) is 3.19. The quantitative estimate of drug-likeness (QED) is 0.531. The molecule has 1 saturated carbocycles. The number of ether oxygens (including phenoxy) is 1. The normalized spacial score (nSPS) is 24.5. The minimum atomic E-state index is -0.776. The Morgan fingerprint density at radius 2 is 2.28 bits per heavy atom. The maximum absolute atomic E-state index is 11.8. The highest BCUT2D eigenvalue weighted by atomic mass is 16.5. The number of carbonyl (C=O) groups is 2. The van der Waals surface area contributed by atoms with Gasteiger partial charge in [0.15, 0.2) is 0 Å². The number of carbonyl (C=O) groups excluding carboxylic acids is 1. The van der Waals surface area contributed by atoms with Crippen LogP contribution in [0.3, 0.4) is 0 Å². The van der Waals surface area contributed by atoms with E-state index >= 15 is 0 Å². The Morgan fingerprint density at radius 3 is 2.83 bits per heavy atom. The first kappa shape index (κ1) is 14.7. The second-order valence-electron chi connectivity index (χ2n) is 4.64. The minimum absolute atomic E-state index is 0.0379. The van der Waals surface area contributed by atoms with Gasteiger partial charge in [-0.3, -0.25) is 9.59 Å². The summed E-state index contributed by atoms with van der Waals surface area (Å²) in [6.07, 6.45) is 3.81. The van der Waals surface area contributed by atoms with Gasteiger partial charge in [-0.15, -0.1) is 6.58 Å². The van der Waals surface area contributed by atoms with Gasteiger partial charge in [0.05, 0.1) is 12.5 Å². The van der Waals surface area contributed by atoms with Crippen molar-refractivity contribution in [1.29, 1.82) is 0 Å². The maximum atomic E-state index is 11.8. The SMILES string of the molecule is C=CCCOC(C)C(=O)N[C@H]1CC[C@@H](C(=O)O)C1. The highest BCUT2D eigenvalue weighted by molar-refractivity contribution is 5.80. The summed E-state index contributed by atoms with van der Waals surface area (Å²) >= 11 is 0. The molecular weight excluding hydrogens is 234 g/mol. The number of carboxylic acids is 1. The minimum Gasteiger partial charge on any atom is -0.481 e. The van der Waals surface area contributed by atoms with E-state index in [9.17, 15) is 9.59 Å². The van der Waals surface area contributed by atoms with Crippen molar-refractivity contribution < 1.29 is 19.4 Å². The van der Waals surface area contributed by atoms with E-state index in [-0.39, 0.29) is 17.9 Å². The Bertz CT molecular complexity index is 316. The first-order valence-electron chi connectivity index (χ1n) is 6.30. The summed E-state index contributed by atoms with van der Waals surface area (Å²) in [6.45, 7) is 5.74. The summed E-state index contributed by atoms with van der Waals surface area (Å²) in [5, 5.41) is 11.7. The van der Waals surface area contributed by atoms with Crippen molar-refractivity contribution in [2.45, 2.75) is 44.8 Å². The van der Waals surface area contributed by atoms with Gasteiger partial charge in [-0.2, -0.15) is 0 Å². The van der Waals surface area contributed by atoms with Gasteiger partial charge in [0.1, 0.15) is 6.10 Å². The molecule has 1 aliphatic carbocycles. The molecule has 0 aromatic rings. The van der Waals surface area contributed by atoms with Gasteiger partial charge >= 0.3 is 5.97 Å². The smallest absolute Gasteiger partial charge is 0.306 e. The number of aliphatic carboxylic acids is 1. The van der Waals surface area contributed by atoms with Gasteiger partial charge in [-0.1, -0.05) is 6.08 Å². The lowest BCUT2D eigenvalue weighted by atomic mass is 10.1. The van der Waals surface area contributed by atoms with Crippen molar-refractivity contribution in [2.24, 2.45) is 5.92 Å². The molecule has 2 N–H and O–H groups in total. The van der Waals surface area contributed by atoms with E-state index in [0.717, 1.165) is 6.42 Å². The average Bonchev–Trinajstić information content (AvgIpc) is 2.77. The number of carboxylic acid groups (broad SMARTS) is 1. The van der Waals surface area contributed by atoms with Crippen LogP contribution in [-0.2, 0) is 14.3 Å². The predicted octanol–water partition coefficient (Wildman–Crippen LogP) is 1.34. The second kappa shape index (κ2) is 7.16. The predicted molar refractivity (Wildman–Crippen MR) is 67.1 cm³/mol. The summed E-state index contributed by atoms with van der Waals surface area (Å²) in [7, 11) is 0. The number of rotatable bonds is 7. The van der Waals surface area contributed by atoms with Crippen LogP contribution < -0.4 is 5.32 Å². The third-order valence-corrected chi connectivity index (χ3v) is 3.19. The molecule has 0 aromatic carbocycles. The van der Waals surface area contributed by atoms with Crippen molar-refractivity contribution in [1.82, 2.24) is 5.32 Å². The number of nitrogens with one attached hydrogen (secondary N) is 1. The van der Waals surface area contributed by atoms with Crippen molar-refractivity contribution in [2.75, 3.05) is 6.61 Å². The van der Waals surface area contributed by atoms with Crippen LogP contribution in [0.15, 0.2) is 12.7 Å². The van der Waals surface area contributed by atoms with Gasteiger partial charge in [0.2, 0.25) is 5.91 Å². The van der Waals surface area contributed by atoms with E-state index in [1.54, 1.807) is 13.0 Å². The van der Waals surface area contributed by atoms with E-state index < -0.39 is 12.1 Å². The molecule has 102 valence electrons. The molecule has 1 unspecified atom stereocenters. The first-order valence-corrected chi connectivity index (χ1v) is 6.30. The Morgan fingerprint density at radius 1 is 1.56 bits per heavy atom. The molecule has 0 saturated heterocycles. The van der Waals surface area contributed by atoms with Crippen LogP contribution in [0.5, 0.6) is 0 Å². The Kier molecular flexibility index (Phi) is 5.85. The zero-order chi connectivity index (χ0) is 13.5. The Balaban J connectivity index is 2.28. The highest BCUT2D eigenvalue weighted by Gasteiger charge is 2.31. The summed E-state index contributed by atoms with van der Waals surface area (Å²) in [5.41, 5.74) is 0. The molecular formula is C13H21NO4. The summed E-state index contributed by atoms with van der Waals surface area (Å²) in [5.74, 6) is -1.27. The molecule has 0 heterocycles. The van der Waals surface area contributed by atoms with E-state index in [1.807, 2.05) is 0 Å². The van der Waals surface area contributed by atoms with Crippen molar-refractivity contribution in [3.05, 3.63) is 12.7 Å². The first-order chi connectivity index (χ1) is 8.54. The summed E-state index contributed by atoms with van der Waals surface area (Å²) in [6, 6.07) is -0.0379. The zero-order valence-electron chi connectivity index (χ0n) is 10.7. The molecule has 1 aliphatic rings. The van der Waals surface area contributed by atoms with Crippen LogP contribution in [0.1, 0.15) is 32.6 Å². The largest absolute Gasteiger partial charge is 0.481 e. The van der Waals surface area contributed by atoms with Crippen LogP contribution in [0.4, 0.5) is 0 Å². The Hall–Kier alpha value is -1.36. The molecule has 5 heteroatoms. The van der Waals surface area contributed by atoms with Crippen molar-refractivity contribution in [3.8, 4) is 0 Å². The average molecular weight is 255 g/mol. The van der Waals surface area contributed by atoms with Gasteiger partial charge in [0.25, 0.3) is 0 Å². The van der Waals surface area contributed by atoms with Gasteiger partial charge < -0.3 is 15.2 Å².